The Hall–Kier alpha value is -2.22. The van der Waals surface area contributed by atoms with Crippen LogP contribution in [-0.2, 0) is 6.42 Å². The monoisotopic (exact) mass is 240 g/mol. The fourth-order valence-corrected chi connectivity index (χ4v) is 1.68. The number of phenols is 1. The molecule has 0 bridgehead atoms. The van der Waals surface area contributed by atoms with Crippen LogP contribution in [0.5, 0.6) is 11.5 Å². The number of hydrogen-bond acceptors (Lipinski definition) is 2. The smallest absolute Gasteiger partial charge is 0.126 e. The Morgan fingerprint density at radius 1 is 0.944 bits per heavy atom. The maximum absolute atomic E-state index is 9.22. The van der Waals surface area contributed by atoms with E-state index in [0.717, 1.165) is 12.2 Å². The van der Waals surface area contributed by atoms with Gasteiger partial charge < -0.3 is 9.84 Å². The zero-order chi connectivity index (χ0) is 12.8. The lowest BCUT2D eigenvalue weighted by atomic mass is 10.0. The highest BCUT2D eigenvalue weighted by Gasteiger charge is 1.97. The molecule has 0 aromatic heterocycles. The predicted octanol–water partition coefficient (Wildman–Crippen LogP) is 3.90. The molecule has 2 heteroatoms. The van der Waals surface area contributed by atoms with Crippen LogP contribution >= 0.6 is 0 Å². The van der Waals surface area contributed by atoms with Crippen molar-refractivity contribution in [3.05, 3.63) is 72.0 Å². The highest BCUT2D eigenvalue weighted by molar-refractivity contribution is 5.33. The Bertz CT molecular complexity index is 510. The van der Waals surface area contributed by atoms with E-state index in [1.54, 1.807) is 18.4 Å². The Kier molecular flexibility index (Phi) is 4.02. The first-order valence-corrected chi connectivity index (χ1v) is 5.92. The van der Waals surface area contributed by atoms with Crippen molar-refractivity contribution in [2.24, 2.45) is 0 Å². The molecule has 0 saturated carbocycles. The Morgan fingerprint density at radius 2 is 1.50 bits per heavy atom. The molecule has 0 amide bonds. The summed E-state index contributed by atoms with van der Waals surface area (Å²) < 4.78 is 5.36. The summed E-state index contributed by atoms with van der Waals surface area (Å²) in [5.74, 6) is 1.14. The van der Waals surface area contributed by atoms with Crippen LogP contribution < -0.4 is 4.74 Å². The second kappa shape index (κ2) is 5.92. The molecule has 0 aliphatic rings. The Morgan fingerprint density at radius 3 is 2.06 bits per heavy atom. The van der Waals surface area contributed by atoms with Gasteiger partial charge in [0.05, 0.1) is 6.26 Å². The van der Waals surface area contributed by atoms with Gasteiger partial charge >= 0.3 is 0 Å². The maximum atomic E-state index is 9.22. The van der Waals surface area contributed by atoms with E-state index in [0.29, 0.717) is 5.75 Å². The van der Waals surface area contributed by atoms with E-state index in [2.05, 4.69) is 0 Å². The topological polar surface area (TPSA) is 29.5 Å². The number of allylic oxidation sites excluding steroid dienone is 1. The third kappa shape index (κ3) is 3.39. The highest BCUT2D eigenvalue weighted by atomic mass is 16.5. The van der Waals surface area contributed by atoms with Crippen LogP contribution in [0.25, 0.3) is 0 Å². The van der Waals surface area contributed by atoms with Gasteiger partial charge in [-0.3, -0.25) is 0 Å². The summed E-state index contributed by atoms with van der Waals surface area (Å²) in [6.45, 7) is 1.92. The maximum Gasteiger partial charge on any atom is 0.126 e. The van der Waals surface area contributed by atoms with Gasteiger partial charge in [-0.05, 0) is 48.7 Å². The van der Waals surface area contributed by atoms with Gasteiger partial charge in [-0.15, -0.1) is 0 Å². The average molecular weight is 240 g/mol. The van der Waals surface area contributed by atoms with Gasteiger partial charge in [-0.1, -0.05) is 30.3 Å². The van der Waals surface area contributed by atoms with E-state index in [9.17, 15) is 5.11 Å². The summed E-state index contributed by atoms with van der Waals surface area (Å²) in [6.07, 6.45) is 4.36. The SMILES string of the molecule is C/C=C/Oc1ccc(Cc2ccc(O)cc2)cc1. The van der Waals surface area contributed by atoms with Gasteiger partial charge in [0, 0.05) is 0 Å². The highest BCUT2D eigenvalue weighted by Crippen LogP contribution is 2.17. The van der Waals surface area contributed by atoms with Crippen molar-refractivity contribution < 1.29 is 9.84 Å². The molecular formula is C16H16O2. The minimum atomic E-state index is 0.300. The second-order valence-electron chi connectivity index (χ2n) is 4.07. The molecule has 0 aliphatic heterocycles. The molecule has 2 rings (SSSR count). The number of phenolic OH excluding ortho intramolecular Hbond substituents is 1. The number of ether oxygens (including phenoxy) is 1. The van der Waals surface area contributed by atoms with Crippen LogP contribution in [0, 0.1) is 0 Å². The predicted molar refractivity (Wildman–Crippen MR) is 72.8 cm³/mol. The molecule has 0 spiro atoms. The first-order valence-electron chi connectivity index (χ1n) is 5.92. The molecule has 0 heterocycles. The average Bonchev–Trinajstić information content (AvgIpc) is 2.41. The molecule has 2 nitrogen and oxygen atoms in total. The Labute approximate surface area is 107 Å². The lowest BCUT2D eigenvalue weighted by Gasteiger charge is -2.04. The molecule has 0 atom stereocenters. The first kappa shape index (κ1) is 12.2. The van der Waals surface area contributed by atoms with Crippen LogP contribution in [0.3, 0.4) is 0 Å². The molecule has 1 N–H and O–H groups in total. The quantitative estimate of drug-likeness (QED) is 0.821. The third-order valence-corrected chi connectivity index (χ3v) is 2.61. The molecule has 0 unspecified atom stereocenters. The van der Waals surface area contributed by atoms with E-state index >= 15 is 0 Å². The molecule has 2 aromatic carbocycles. The van der Waals surface area contributed by atoms with Crippen molar-refractivity contribution in [1.82, 2.24) is 0 Å². The minimum absolute atomic E-state index is 0.300. The van der Waals surface area contributed by atoms with Crippen molar-refractivity contribution in [2.45, 2.75) is 13.3 Å². The lowest BCUT2D eigenvalue weighted by Crippen LogP contribution is -1.88. The van der Waals surface area contributed by atoms with E-state index in [1.165, 1.54) is 11.1 Å². The molecule has 18 heavy (non-hydrogen) atoms. The first-order chi connectivity index (χ1) is 8.78. The van der Waals surface area contributed by atoms with Crippen LogP contribution in [0.2, 0.25) is 0 Å². The van der Waals surface area contributed by atoms with Crippen LogP contribution in [-0.4, -0.2) is 5.11 Å². The second-order valence-corrected chi connectivity index (χ2v) is 4.07. The van der Waals surface area contributed by atoms with Gasteiger partial charge in [0.15, 0.2) is 0 Å². The summed E-state index contributed by atoms with van der Waals surface area (Å²) >= 11 is 0. The van der Waals surface area contributed by atoms with Crippen molar-refractivity contribution in [1.29, 1.82) is 0 Å². The molecule has 2 aromatic rings. The summed E-state index contributed by atoms with van der Waals surface area (Å²) in [7, 11) is 0. The fraction of sp³-hybridized carbons (Fsp3) is 0.125. The largest absolute Gasteiger partial charge is 0.508 e. The molecule has 0 saturated heterocycles. The molecular weight excluding hydrogens is 224 g/mol. The minimum Gasteiger partial charge on any atom is -0.508 e. The van der Waals surface area contributed by atoms with E-state index < -0.39 is 0 Å². The van der Waals surface area contributed by atoms with Crippen molar-refractivity contribution in [3.8, 4) is 11.5 Å². The van der Waals surface area contributed by atoms with Gasteiger partial charge in [-0.25, -0.2) is 0 Å². The number of rotatable bonds is 4. The van der Waals surface area contributed by atoms with Gasteiger partial charge in [-0.2, -0.15) is 0 Å². The molecule has 92 valence electrons. The summed E-state index contributed by atoms with van der Waals surface area (Å²) in [6, 6.07) is 15.3. The third-order valence-electron chi connectivity index (χ3n) is 2.61. The number of benzene rings is 2. The van der Waals surface area contributed by atoms with E-state index in [-0.39, 0.29) is 0 Å². The fourth-order valence-electron chi connectivity index (χ4n) is 1.68. The number of aromatic hydroxyl groups is 1. The van der Waals surface area contributed by atoms with E-state index in [4.69, 9.17) is 4.74 Å². The summed E-state index contributed by atoms with van der Waals surface area (Å²) in [4.78, 5) is 0. The molecule has 0 fully saturated rings. The Balaban J connectivity index is 2.03. The normalized spacial score (nSPS) is 10.7. The van der Waals surface area contributed by atoms with Crippen molar-refractivity contribution >= 4 is 0 Å². The van der Waals surface area contributed by atoms with Crippen molar-refractivity contribution in [2.75, 3.05) is 0 Å². The molecule has 0 aliphatic carbocycles. The van der Waals surface area contributed by atoms with Gasteiger partial charge in [0.25, 0.3) is 0 Å². The van der Waals surface area contributed by atoms with Crippen LogP contribution in [0.15, 0.2) is 60.9 Å². The lowest BCUT2D eigenvalue weighted by molar-refractivity contribution is 0.475. The van der Waals surface area contributed by atoms with Crippen LogP contribution in [0.1, 0.15) is 18.1 Å². The standard InChI is InChI=1S/C16H16O2/c1-2-11-18-16-9-5-14(6-10-16)12-13-3-7-15(17)8-4-13/h2-11,17H,12H2,1H3/b11-2+. The van der Waals surface area contributed by atoms with Gasteiger partial charge in [0.2, 0.25) is 0 Å². The summed E-state index contributed by atoms with van der Waals surface area (Å²) in [5, 5.41) is 9.22. The van der Waals surface area contributed by atoms with Crippen molar-refractivity contribution in [3.63, 3.8) is 0 Å². The van der Waals surface area contributed by atoms with E-state index in [1.807, 2.05) is 49.4 Å². The number of hydrogen-bond donors (Lipinski definition) is 1. The zero-order valence-electron chi connectivity index (χ0n) is 10.3. The van der Waals surface area contributed by atoms with Crippen LogP contribution in [0.4, 0.5) is 0 Å². The van der Waals surface area contributed by atoms with Gasteiger partial charge in [0.1, 0.15) is 11.5 Å². The molecule has 0 radical (unpaired) electrons. The summed E-state index contributed by atoms with van der Waals surface area (Å²) in [5.41, 5.74) is 2.39. The zero-order valence-corrected chi connectivity index (χ0v) is 10.3.